The molecule has 104 valence electrons. The first-order valence-corrected chi connectivity index (χ1v) is 6.22. The van der Waals surface area contributed by atoms with Gasteiger partial charge < -0.3 is 9.84 Å². The number of anilines is 1. The molecule has 1 aromatic carbocycles. The fraction of sp³-hybridized carbons (Fsp3) is 0.500. The van der Waals surface area contributed by atoms with E-state index >= 15 is 0 Å². The Balaban J connectivity index is 2.12. The molecule has 1 aromatic rings. The number of ether oxygens (including phenoxy) is 1. The standard InChI is InChI=1S/C14H18FNO3/c1-13(2,3)19-12(17)16-9-4-5-11(15)10(8-9)14(18)6-7-14/h4-5,8,18H,6-7H2,1-3H3,(H,16,17). The van der Waals surface area contributed by atoms with E-state index in [0.717, 1.165) is 0 Å². The number of benzene rings is 1. The van der Waals surface area contributed by atoms with Crippen molar-refractivity contribution in [2.75, 3.05) is 5.32 Å². The molecule has 0 heterocycles. The van der Waals surface area contributed by atoms with Gasteiger partial charge in [0, 0.05) is 11.3 Å². The normalized spacial score (nSPS) is 16.9. The number of nitrogens with one attached hydrogen (secondary N) is 1. The van der Waals surface area contributed by atoms with Gasteiger partial charge >= 0.3 is 6.09 Å². The van der Waals surface area contributed by atoms with Gasteiger partial charge in [-0.3, -0.25) is 5.32 Å². The lowest BCUT2D eigenvalue weighted by Gasteiger charge is -2.20. The van der Waals surface area contributed by atoms with Gasteiger partial charge in [0.25, 0.3) is 0 Å². The van der Waals surface area contributed by atoms with Crippen LogP contribution in [0.2, 0.25) is 0 Å². The fourth-order valence-electron chi connectivity index (χ4n) is 1.77. The molecule has 0 aromatic heterocycles. The summed E-state index contributed by atoms with van der Waals surface area (Å²) in [4.78, 5) is 11.6. The maximum absolute atomic E-state index is 13.6. The average molecular weight is 267 g/mol. The number of amides is 1. The Bertz CT molecular complexity index is 504. The summed E-state index contributed by atoms with van der Waals surface area (Å²) in [5, 5.41) is 12.5. The predicted octanol–water partition coefficient (Wildman–Crippen LogP) is 3.15. The van der Waals surface area contributed by atoms with Gasteiger partial charge in [-0.05, 0) is 51.8 Å². The number of halogens is 1. The van der Waals surface area contributed by atoms with Crippen molar-refractivity contribution in [3.8, 4) is 0 Å². The quantitative estimate of drug-likeness (QED) is 0.865. The minimum absolute atomic E-state index is 0.223. The van der Waals surface area contributed by atoms with Crippen LogP contribution in [-0.4, -0.2) is 16.8 Å². The predicted molar refractivity (Wildman–Crippen MR) is 69.4 cm³/mol. The molecule has 0 aliphatic heterocycles. The highest BCUT2D eigenvalue weighted by Crippen LogP contribution is 2.46. The largest absolute Gasteiger partial charge is 0.444 e. The maximum atomic E-state index is 13.6. The Morgan fingerprint density at radius 2 is 2.05 bits per heavy atom. The molecule has 0 radical (unpaired) electrons. The highest BCUT2D eigenvalue weighted by atomic mass is 19.1. The third-order valence-electron chi connectivity index (χ3n) is 2.84. The third kappa shape index (κ3) is 3.44. The summed E-state index contributed by atoms with van der Waals surface area (Å²) in [6.07, 6.45) is 0.479. The molecular formula is C14H18FNO3. The lowest BCUT2D eigenvalue weighted by molar-refractivity contribution is 0.0635. The van der Waals surface area contributed by atoms with Gasteiger partial charge in [0.15, 0.2) is 0 Å². The molecule has 5 heteroatoms. The first-order valence-electron chi connectivity index (χ1n) is 6.22. The molecule has 2 N–H and O–H groups in total. The van der Waals surface area contributed by atoms with Crippen LogP contribution in [0.1, 0.15) is 39.2 Å². The first-order chi connectivity index (χ1) is 8.70. The molecule has 1 amide bonds. The van der Waals surface area contributed by atoms with Gasteiger partial charge in [0.1, 0.15) is 11.4 Å². The van der Waals surface area contributed by atoms with Crippen molar-refractivity contribution in [3.63, 3.8) is 0 Å². The van der Waals surface area contributed by atoms with Crippen molar-refractivity contribution in [3.05, 3.63) is 29.6 Å². The van der Waals surface area contributed by atoms with Crippen LogP contribution in [0.3, 0.4) is 0 Å². The molecular weight excluding hydrogens is 249 g/mol. The van der Waals surface area contributed by atoms with Crippen molar-refractivity contribution in [1.82, 2.24) is 0 Å². The molecule has 2 rings (SSSR count). The lowest BCUT2D eigenvalue weighted by Crippen LogP contribution is -2.27. The van der Waals surface area contributed by atoms with E-state index in [1.54, 1.807) is 20.8 Å². The number of rotatable bonds is 2. The monoisotopic (exact) mass is 267 g/mol. The number of hydrogen-bond acceptors (Lipinski definition) is 3. The minimum atomic E-state index is -1.07. The van der Waals surface area contributed by atoms with E-state index in [1.807, 2.05) is 0 Å². The van der Waals surface area contributed by atoms with Crippen LogP contribution in [0.5, 0.6) is 0 Å². The summed E-state index contributed by atoms with van der Waals surface area (Å²) in [7, 11) is 0. The van der Waals surface area contributed by atoms with Crippen molar-refractivity contribution < 1.29 is 19.0 Å². The molecule has 1 aliphatic rings. The van der Waals surface area contributed by atoms with Gasteiger partial charge in [-0.25, -0.2) is 9.18 Å². The summed E-state index contributed by atoms with van der Waals surface area (Å²) >= 11 is 0. The van der Waals surface area contributed by atoms with Gasteiger partial charge in [-0.15, -0.1) is 0 Å². The molecule has 0 bridgehead atoms. The van der Waals surface area contributed by atoms with Crippen molar-refractivity contribution in [2.45, 2.75) is 44.8 Å². The van der Waals surface area contributed by atoms with Crippen LogP contribution in [0.15, 0.2) is 18.2 Å². The summed E-state index contributed by atoms with van der Waals surface area (Å²) < 4.78 is 18.7. The Kier molecular flexibility index (Phi) is 3.26. The fourth-order valence-corrected chi connectivity index (χ4v) is 1.77. The summed E-state index contributed by atoms with van der Waals surface area (Å²) in [5.41, 5.74) is -1.04. The Labute approximate surface area is 111 Å². The zero-order chi connectivity index (χ0) is 14.3. The van der Waals surface area contributed by atoms with Crippen molar-refractivity contribution >= 4 is 11.8 Å². The molecule has 1 aliphatic carbocycles. The van der Waals surface area contributed by atoms with Gasteiger partial charge in [-0.2, -0.15) is 0 Å². The van der Waals surface area contributed by atoms with Crippen molar-refractivity contribution in [1.29, 1.82) is 0 Å². The average Bonchev–Trinajstić information content (AvgIpc) is 2.97. The Morgan fingerprint density at radius 1 is 1.42 bits per heavy atom. The second-order valence-electron chi connectivity index (χ2n) is 5.85. The van der Waals surface area contributed by atoms with E-state index in [0.29, 0.717) is 18.5 Å². The van der Waals surface area contributed by atoms with Crippen LogP contribution in [-0.2, 0) is 10.3 Å². The SMILES string of the molecule is CC(C)(C)OC(=O)Nc1ccc(F)c(C2(O)CC2)c1. The first kappa shape index (κ1) is 13.8. The van der Waals surface area contributed by atoms with Crippen molar-refractivity contribution in [2.24, 2.45) is 0 Å². The summed E-state index contributed by atoms with van der Waals surface area (Å²) in [5.74, 6) is -0.463. The van der Waals surface area contributed by atoms with Crippen LogP contribution >= 0.6 is 0 Å². The molecule has 19 heavy (non-hydrogen) atoms. The number of carbonyl (C=O) groups is 1. The molecule has 4 nitrogen and oxygen atoms in total. The van der Waals surface area contributed by atoms with E-state index in [4.69, 9.17) is 4.74 Å². The van der Waals surface area contributed by atoms with Crippen LogP contribution in [0.4, 0.5) is 14.9 Å². The molecule has 1 fully saturated rings. The van der Waals surface area contributed by atoms with E-state index in [-0.39, 0.29) is 5.56 Å². The second-order valence-corrected chi connectivity index (χ2v) is 5.85. The zero-order valence-corrected chi connectivity index (χ0v) is 11.3. The van der Waals surface area contributed by atoms with E-state index < -0.39 is 23.1 Å². The lowest BCUT2D eigenvalue weighted by atomic mass is 10.1. The number of aliphatic hydroxyl groups is 1. The van der Waals surface area contributed by atoms with E-state index in [9.17, 15) is 14.3 Å². The van der Waals surface area contributed by atoms with Gasteiger partial charge in [-0.1, -0.05) is 0 Å². The second kappa shape index (κ2) is 4.49. The number of hydrogen-bond donors (Lipinski definition) is 2. The maximum Gasteiger partial charge on any atom is 0.412 e. The Morgan fingerprint density at radius 3 is 2.58 bits per heavy atom. The highest BCUT2D eigenvalue weighted by Gasteiger charge is 2.44. The molecule has 1 saturated carbocycles. The molecule has 0 atom stereocenters. The minimum Gasteiger partial charge on any atom is -0.444 e. The smallest absolute Gasteiger partial charge is 0.412 e. The number of carbonyl (C=O) groups excluding carboxylic acids is 1. The topological polar surface area (TPSA) is 58.6 Å². The van der Waals surface area contributed by atoms with Crippen LogP contribution in [0.25, 0.3) is 0 Å². The van der Waals surface area contributed by atoms with E-state index in [1.165, 1.54) is 18.2 Å². The van der Waals surface area contributed by atoms with Crippen LogP contribution in [0, 0.1) is 5.82 Å². The molecule has 0 unspecified atom stereocenters. The van der Waals surface area contributed by atoms with Crippen LogP contribution < -0.4 is 5.32 Å². The zero-order valence-electron chi connectivity index (χ0n) is 11.3. The van der Waals surface area contributed by atoms with Gasteiger partial charge in [0.05, 0.1) is 5.60 Å². The summed E-state index contributed by atoms with van der Waals surface area (Å²) in [6, 6.07) is 4.12. The Hall–Kier alpha value is -1.62. The summed E-state index contributed by atoms with van der Waals surface area (Å²) in [6.45, 7) is 5.28. The third-order valence-corrected chi connectivity index (χ3v) is 2.84. The molecule has 0 saturated heterocycles. The van der Waals surface area contributed by atoms with E-state index in [2.05, 4.69) is 5.32 Å². The molecule has 0 spiro atoms. The van der Waals surface area contributed by atoms with Gasteiger partial charge in [0.2, 0.25) is 0 Å². The highest BCUT2D eigenvalue weighted by molar-refractivity contribution is 5.85.